The molecule has 0 amide bonds. The van der Waals surface area contributed by atoms with E-state index in [9.17, 15) is 0 Å². The molecule has 3 nitrogen and oxygen atoms in total. The number of nitrogens with zero attached hydrogens (tertiary/aromatic N) is 2. The van der Waals surface area contributed by atoms with E-state index in [0.717, 1.165) is 28.4 Å². The zero-order valence-electron chi connectivity index (χ0n) is 20.4. The van der Waals surface area contributed by atoms with E-state index in [4.69, 9.17) is 9.72 Å². The summed E-state index contributed by atoms with van der Waals surface area (Å²) in [6, 6.07) is 8.42. The first kappa shape index (κ1) is 24.8. The number of hydrogen-bond donors (Lipinski definition) is 0. The number of fused-ring (bicyclic) bond motifs is 1. The summed E-state index contributed by atoms with van der Waals surface area (Å²) in [7, 11) is 0. The molecule has 0 radical (unpaired) electrons. The Morgan fingerprint density at radius 1 is 0.844 bits per heavy atom. The molecule has 2 aromatic heterocycles. The first-order valence-corrected chi connectivity index (χ1v) is 13.8. The molecule has 32 heavy (non-hydrogen) atoms. The minimum atomic E-state index is 0.269. The number of thiazole rings is 1. The van der Waals surface area contributed by atoms with Gasteiger partial charge in [0.05, 0.1) is 11.8 Å². The van der Waals surface area contributed by atoms with Crippen molar-refractivity contribution in [2.24, 2.45) is 0 Å². The van der Waals surface area contributed by atoms with Crippen LogP contribution in [0.15, 0.2) is 36.7 Å². The van der Waals surface area contributed by atoms with Crippen molar-refractivity contribution in [1.29, 1.82) is 0 Å². The largest absolute Gasteiger partial charge is 0.491 e. The number of unbranched alkanes of at least 4 members (excludes halogenated alkanes) is 9. The van der Waals surface area contributed by atoms with Crippen LogP contribution < -0.4 is 4.74 Å². The van der Waals surface area contributed by atoms with E-state index in [1.54, 1.807) is 0 Å². The van der Waals surface area contributed by atoms with E-state index >= 15 is 0 Å². The van der Waals surface area contributed by atoms with Gasteiger partial charge in [0.1, 0.15) is 5.75 Å². The lowest BCUT2D eigenvalue weighted by molar-refractivity contribution is 0.206. The van der Waals surface area contributed by atoms with Crippen molar-refractivity contribution in [1.82, 2.24) is 9.38 Å². The van der Waals surface area contributed by atoms with Crippen molar-refractivity contribution in [3.63, 3.8) is 0 Å². The first-order chi connectivity index (χ1) is 15.7. The van der Waals surface area contributed by atoms with E-state index in [0.29, 0.717) is 0 Å². The summed E-state index contributed by atoms with van der Waals surface area (Å²) in [5.74, 6) is 0.953. The van der Waals surface area contributed by atoms with Gasteiger partial charge < -0.3 is 4.74 Å². The molecule has 0 aliphatic rings. The average molecular weight is 455 g/mol. The van der Waals surface area contributed by atoms with Gasteiger partial charge in [-0.05, 0) is 56.9 Å². The molecule has 0 saturated carbocycles. The second kappa shape index (κ2) is 13.7. The Bertz CT molecular complexity index is 864. The maximum absolute atomic E-state index is 6.10. The smallest absolute Gasteiger partial charge is 0.194 e. The van der Waals surface area contributed by atoms with Crippen LogP contribution in [0.2, 0.25) is 0 Å². The standard InChI is InChI=1S/C28H42N2OS/c1-4-6-8-10-11-12-14-16-26-21-30-22-27(29-28(30)32-26)24-17-19-25(20-18-24)31-23(3)15-13-9-7-5-2/h17-23H,4-16H2,1-3H3/t23-/m0/s1. The Morgan fingerprint density at radius 3 is 2.19 bits per heavy atom. The van der Waals surface area contributed by atoms with Crippen LogP contribution in [0, 0.1) is 0 Å². The van der Waals surface area contributed by atoms with Gasteiger partial charge in [-0.2, -0.15) is 0 Å². The molecule has 176 valence electrons. The van der Waals surface area contributed by atoms with Crippen LogP contribution in [-0.4, -0.2) is 15.5 Å². The average Bonchev–Trinajstić information content (AvgIpc) is 3.36. The van der Waals surface area contributed by atoms with Crippen LogP contribution in [0.25, 0.3) is 16.2 Å². The van der Waals surface area contributed by atoms with Crippen LogP contribution in [0.1, 0.15) is 103 Å². The van der Waals surface area contributed by atoms with Gasteiger partial charge in [-0.15, -0.1) is 11.3 Å². The molecular weight excluding hydrogens is 412 g/mol. The molecule has 0 N–H and O–H groups in total. The molecule has 0 fully saturated rings. The van der Waals surface area contributed by atoms with Crippen LogP contribution in [0.3, 0.4) is 0 Å². The van der Waals surface area contributed by atoms with Gasteiger partial charge in [0, 0.05) is 22.8 Å². The molecule has 0 aliphatic heterocycles. The number of aromatic nitrogens is 2. The van der Waals surface area contributed by atoms with Crippen molar-refractivity contribution in [3.05, 3.63) is 41.5 Å². The lowest BCUT2D eigenvalue weighted by atomic mass is 10.1. The number of rotatable bonds is 16. The molecule has 0 unspecified atom stereocenters. The summed E-state index contributed by atoms with van der Waals surface area (Å²) < 4.78 is 8.29. The Hall–Kier alpha value is -1.81. The number of hydrogen-bond acceptors (Lipinski definition) is 3. The SMILES string of the molecule is CCCCCCCCCc1cn2cc(-c3ccc(O[C@@H](C)CCCCCC)cc3)nc2s1. The van der Waals surface area contributed by atoms with Gasteiger partial charge >= 0.3 is 0 Å². The van der Waals surface area contributed by atoms with Gasteiger partial charge in [-0.25, -0.2) is 4.98 Å². The van der Waals surface area contributed by atoms with E-state index in [-0.39, 0.29) is 6.10 Å². The maximum Gasteiger partial charge on any atom is 0.194 e. The second-order valence-corrected chi connectivity index (χ2v) is 10.3. The summed E-state index contributed by atoms with van der Waals surface area (Å²) >= 11 is 1.83. The highest BCUT2D eigenvalue weighted by atomic mass is 32.1. The highest BCUT2D eigenvalue weighted by Crippen LogP contribution is 2.27. The van der Waals surface area contributed by atoms with E-state index in [1.807, 2.05) is 11.3 Å². The Balaban J connectivity index is 1.45. The first-order valence-electron chi connectivity index (χ1n) is 12.9. The second-order valence-electron chi connectivity index (χ2n) is 9.19. The third kappa shape index (κ3) is 7.95. The van der Waals surface area contributed by atoms with Crippen molar-refractivity contribution < 1.29 is 4.74 Å². The number of ether oxygens (including phenoxy) is 1. The zero-order valence-corrected chi connectivity index (χ0v) is 21.3. The molecule has 0 spiro atoms. The topological polar surface area (TPSA) is 26.5 Å². The Kier molecular flexibility index (Phi) is 10.6. The summed E-state index contributed by atoms with van der Waals surface area (Å²) in [4.78, 5) is 7.42. The maximum atomic E-state index is 6.10. The molecule has 4 heteroatoms. The quantitative estimate of drug-likeness (QED) is 0.202. The minimum Gasteiger partial charge on any atom is -0.491 e. The van der Waals surface area contributed by atoms with Crippen molar-refractivity contribution in [2.75, 3.05) is 0 Å². The van der Waals surface area contributed by atoms with Gasteiger partial charge in [-0.3, -0.25) is 4.40 Å². The molecule has 1 atom stereocenters. The Morgan fingerprint density at radius 2 is 1.50 bits per heavy atom. The van der Waals surface area contributed by atoms with Crippen LogP contribution >= 0.6 is 11.3 Å². The lowest BCUT2D eigenvalue weighted by Crippen LogP contribution is -2.11. The van der Waals surface area contributed by atoms with Gasteiger partial charge in [0.2, 0.25) is 0 Å². The fourth-order valence-electron chi connectivity index (χ4n) is 4.21. The molecule has 3 aromatic rings. The molecule has 0 bridgehead atoms. The zero-order chi connectivity index (χ0) is 22.6. The van der Waals surface area contributed by atoms with Gasteiger partial charge in [0.15, 0.2) is 4.96 Å². The predicted octanol–water partition coefficient (Wildman–Crippen LogP) is 9.09. The number of aryl methyl sites for hydroxylation is 1. The van der Waals surface area contributed by atoms with Crippen molar-refractivity contribution >= 4 is 16.3 Å². The third-order valence-corrected chi connectivity index (χ3v) is 7.24. The molecule has 0 saturated heterocycles. The van der Waals surface area contributed by atoms with E-state index in [1.165, 1.54) is 81.9 Å². The molecule has 3 rings (SSSR count). The van der Waals surface area contributed by atoms with Crippen LogP contribution in [0.5, 0.6) is 5.75 Å². The molecule has 0 aliphatic carbocycles. The van der Waals surface area contributed by atoms with Crippen molar-refractivity contribution in [2.45, 2.75) is 110 Å². The van der Waals surface area contributed by atoms with E-state index < -0.39 is 0 Å². The van der Waals surface area contributed by atoms with Crippen molar-refractivity contribution in [3.8, 4) is 17.0 Å². The van der Waals surface area contributed by atoms with Gasteiger partial charge in [0.25, 0.3) is 0 Å². The van der Waals surface area contributed by atoms with Crippen LogP contribution in [-0.2, 0) is 6.42 Å². The predicted molar refractivity (Wildman–Crippen MR) is 139 cm³/mol. The summed E-state index contributed by atoms with van der Waals surface area (Å²) in [6.45, 7) is 6.70. The van der Waals surface area contributed by atoms with Crippen LogP contribution in [0.4, 0.5) is 0 Å². The Labute approximate surface area is 199 Å². The van der Waals surface area contributed by atoms with E-state index in [2.05, 4.69) is 61.8 Å². The highest BCUT2D eigenvalue weighted by Gasteiger charge is 2.09. The monoisotopic (exact) mass is 454 g/mol. The normalized spacial score (nSPS) is 12.5. The molecule has 2 heterocycles. The third-order valence-electron chi connectivity index (χ3n) is 6.18. The number of imidazole rings is 1. The summed E-state index contributed by atoms with van der Waals surface area (Å²) in [5.41, 5.74) is 2.19. The fourth-order valence-corrected chi connectivity index (χ4v) is 5.21. The minimum absolute atomic E-state index is 0.269. The fraction of sp³-hybridized carbons (Fsp3) is 0.607. The van der Waals surface area contributed by atoms with Gasteiger partial charge in [-0.1, -0.05) is 71.6 Å². The molecule has 1 aromatic carbocycles. The lowest BCUT2D eigenvalue weighted by Gasteiger charge is -2.14. The highest BCUT2D eigenvalue weighted by molar-refractivity contribution is 7.17. The number of benzene rings is 1. The summed E-state index contributed by atoms with van der Waals surface area (Å²) in [6.07, 6.45) is 21.7. The summed E-state index contributed by atoms with van der Waals surface area (Å²) in [5, 5.41) is 0. The molecular formula is C28H42N2OS.